The lowest BCUT2D eigenvalue weighted by Crippen LogP contribution is -2.31. The Bertz CT molecular complexity index is 388. The molecule has 3 nitrogen and oxygen atoms in total. The second-order valence-corrected chi connectivity index (χ2v) is 5.01. The van der Waals surface area contributed by atoms with Crippen molar-refractivity contribution in [3.63, 3.8) is 0 Å². The third-order valence-corrected chi connectivity index (χ3v) is 3.92. The van der Waals surface area contributed by atoms with Crippen LogP contribution in [0.1, 0.15) is 12.0 Å². The second-order valence-electron chi connectivity index (χ2n) is 3.93. The van der Waals surface area contributed by atoms with E-state index in [-0.39, 0.29) is 6.10 Å². The third-order valence-electron chi connectivity index (χ3n) is 2.70. The molecule has 0 aliphatic carbocycles. The van der Waals surface area contributed by atoms with Gasteiger partial charge in [0, 0.05) is 17.9 Å². The van der Waals surface area contributed by atoms with Crippen LogP contribution in [0.15, 0.2) is 18.2 Å². The normalized spacial score (nSPS) is 15.1. The van der Waals surface area contributed by atoms with Crippen molar-refractivity contribution in [2.24, 2.45) is 0 Å². The summed E-state index contributed by atoms with van der Waals surface area (Å²) in [7, 11) is 1.64. The summed E-state index contributed by atoms with van der Waals surface area (Å²) in [4.78, 5) is 10.5. The number of carbonyl (C=O) groups excluding carboxylic acids is 1. The number of thioether (sulfide) groups is 1. The van der Waals surface area contributed by atoms with Crippen LogP contribution in [-0.2, 0) is 11.2 Å². The molecule has 0 saturated carbocycles. The molecular formula is C13H16O3S. The largest absolute Gasteiger partial charge is 0.493 e. The molecule has 4 heteroatoms. The minimum atomic E-state index is 0.284. The molecule has 92 valence electrons. The Morgan fingerprint density at radius 1 is 1.47 bits per heavy atom. The predicted octanol–water partition coefficient (Wildman–Crippen LogP) is 2.32. The highest BCUT2D eigenvalue weighted by Crippen LogP contribution is 2.35. The molecule has 1 aliphatic rings. The predicted molar refractivity (Wildman–Crippen MR) is 69.1 cm³/mol. The van der Waals surface area contributed by atoms with Gasteiger partial charge in [-0.05, 0) is 18.1 Å². The average molecular weight is 252 g/mol. The molecule has 0 spiro atoms. The van der Waals surface area contributed by atoms with Crippen LogP contribution in [0.25, 0.3) is 0 Å². The molecule has 0 aromatic heterocycles. The van der Waals surface area contributed by atoms with Crippen LogP contribution in [0.2, 0.25) is 0 Å². The molecular weight excluding hydrogens is 236 g/mol. The molecule has 1 aliphatic heterocycles. The summed E-state index contributed by atoms with van der Waals surface area (Å²) in [6.45, 7) is 0. The van der Waals surface area contributed by atoms with E-state index in [2.05, 4.69) is 0 Å². The number of carbonyl (C=O) groups is 1. The number of ether oxygens (including phenoxy) is 2. The zero-order valence-electron chi connectivity index (χ0n) is 9.85. The smallest absolute Gasteiger partial charge is 0.164 e. The minimum absolute atomic E-state index is 0.284. The molecule has 2 rings (SSSR count). The van der Waals surface area contributed by atoms with Gasteiger partial charge in [0.05, 0.1) is 7.11 Å². The second kappa shape index (κ2) is 5.96. The highest BCUT2D eigenvalue weighted by molar-refractivity contribution is 8.00. The van der Waals surface area contributed by atoms with Crippen LogP contribution in [-0.4, -0.2) is 31.0 Å². The van der Waals surface area contributed by atoms with E-state index in [4.69, 9.17) is 9.47 Å². The van der Waals surface area contributed by atoms with Crippen LogP contribution < -0.4 is 9.47 Å². The van der Waals surface area contributed by atoms with E-state index in [9.17, 15) is 4.79 Å². The summed E-state index contributed by atoms with van der Waals surface area (Å²) in [5.74, 6) is 3.63. The molecule has 0 amide bonds. The van der Waals surface area contributed by atoms with Crippen LogP contribution in [0.4, 0.5) is 0 Å². The van der Waals surface area contributed by atoms with E-state index < -0.39 is 0 Å². The number of hydrogen-bond acceptors (Lipinski definition) is 4. The van der Waals surface area contributed by atoms with Crippen LogP contribution in [0.5, 0.6) is 11.5 Å². The van der Waals surface area contributed by atoms with Gasteiger partial charge in [-0.25, -0.2) is 0 Å². The van der Waals surface area contributed by atoms with Gasteiger partial charge in [-0.1, -0.05) is 12.1 Å². The van der Waals surface area contributed by atoms with Gasteiger partial charge < -0.3 is 14.3 Å². The van der Waals surface area contributed by atoms with Gasteiger partial charge >= 0.3 is 0 Å². The summed E-state index contributed by atoms with van der Waals surface area (Å²) in [6, 6.07) is 5.82. The number of methoxy groups -OCH3 is 1. The van der Waals surface area contributed by atoms with Crippen molar-refractivity contribution in [2.75, 3.05) is 18.6 Å². The summed E-state index contributed by atoms with van der Waals surface area (Å²) >= 11 is 1.88. The molecule has 0 atom stereocenters. The number of benzene rings is 1. The van der Waals surface area contributed by atoms with E-state index in [1.807, 2.05) is 30.0 Å². The standard InChI is InChI=1S/C13H16O3S/c1-15-12-6-2-4-10(5-3-7-14)13(12)16-11-8-17-9-11/h2,4,6-7,11H,3,5,8-9H2,1H3. The Labute approximate surface area is 105 Å². The molecule has 1 aromatic carbocycles. The van der Waals surface area contributed by atoms with Crippen molar-refractivity contribution < 1.29 is 14.3 Å². The molecule has 1 aromatic rings. The molecule has 0 N–H and O–H groups in total. The fourth-order valence-electron chi connectivity index (χ4n) is 1.72. The maximum atomic E-state index is 10.5. The van der Waals surface area contributed by atoms with Crippen molar-refractivity contribution in [3.8, 4) is 11.5 Å². The quantitative estimate of drug-likeness (QED) is 0.728. The Kier molecular flexibility index (Phi) is 4.31. The van der Waals surface area contributed by atoms with Crippen LogP contribution in [0, 0.1) is 0 Å². The highest BCUT2D eigenvalue weighted by Gasteiger charge is 2.22. The van der Waals surface area contributed by atoms with E-state index in [0.717, 1.165) is 34.9 Å². The average Bonchev–Trinajstić information content (AvgIpc) is 2.31. The Balaban J connectivity index is 2.18. The summed E-state index contributed by atoms with van der Waals surface area (Å²) in [5.41, 5.74) is 1.05. The first kappa shape index (κ1) is 12.3. The molecule has 1 heterocycles. The maximum absolute atomic E-state index is 10.5. The first-order valence-electron chi connectivity index (χ1n) is 5.69. The summed E-state index contributed by atoms with van der Waals surface area (Å²) in [5, 5.41) is 0. The zero-order chi connectivity index (χ0) is 12.1. The lowest BCUT2D eigenvalue weighted by molar-refractivity contribution is -0.107. The van der Waals surface area contributed by atoms with Crippen molar-refractivity contribution >= 4 is 18.0 Å². The maximum Gasteiger partial charge on any atom is 0.164 e. The first-order chi connectivity index (χ1) is 8.35. The molecule has 0 radical (unpaired) electrons. The molecule has 0 bridgehead atoms. The Hall–Kier alpha value is -1.16. The van der Waals surface area contributed by atoms with E-state index in [0.29, 0.717) is 12.8 Å². The molecule has 17 heavy (non-hydrogen) atoms. The van der Waals surface area contributed by atoms with Crippen molar-refractivity contribution in [2.45, 2.75) is 18.9 Å². The topological polar surface area (TPSA) is 35.5 Å². The molecule has 0 unspecified atom stereocenters. The van der Waals surface area contributed by atoms with Crippen LogP contribution in [0.3, 0.4) is 0 Å². The van der Waals surface area contributed by atoms with Gasteiger partial charge in [0.25, 0.3) is 0 Å². The zero-order valence-corrected chi connectivity index (χ0v) is 10.7. The van der Waals surface area contributed by atoms with Crippen molar-refractivity contribution in [3.05, 3.63) is 23.8 Å². The number of para-hydroxylation sites is 1. The lowest BCUT2D eigenvalue weighted by Gasteiger charge is -2.27. The van der Waals surface area contributed by atoms with Gasteiger partial charge in [-0.2, -0.15) is 11.8 Å². The number of aldehydes is 1. The van der Waals surface area contributed by atoms with Crippen molar-refractivity contribution in [1.82, 2.24) is 0 Å². The number of aryl methyl sites for hydroxylation is 1. The van der Waals surface area contributed by atoms with Crippen LogP contribution >= 0.6 is 11.8 Å². The van der Waals surface area contributed by atoms with Gasteiger partial charge in [0.2, 0.25) is 0 Å². The van der Waals surface area contributed by atoms with Gasteiger partial charge in [-0.3, -0.25) is 0 Å². The van der Waals surface area contributed by atoms with Gasteiger partial charge in [0.1, 0.15) is 12.4 Å². The SMILES string of the molecule is COc1cccc(CCC=O)c1OC1CSC1. The fourth-order valence-corrected chi connectivity index (χ4v) is 2.28. The molecule has 1 saturated heterocycles. The van der Waals surface area contributed by atoms with Gasteiger partial charge in [-0.15, -0.1) is 0 Å². The lowest BCUT2D eigenvalue weighted by atomic mass is 10.1. The molecule has 1 fully saturated rings. The van der Waals surface area contributed by atoms with E-state index in [1.54, 1.807) is 7.11 Å². The Morgan fingerprint density at radius 2 is 2.29 bits per heavy atom. The van der Waals surface area contributed by atoms with E-state index >= 15 is 0 Å². The Morgan fingerprint density at radius 3 is 2.88 bits per heavy atom. The highest BCUT2D eigenvalue weighted by atomic mass is 32.2. The fraction of sp³-hybridized carbons (Fsp3) is 0.462. The number of hydrogen-bond donors (Lipinski definition) is 0. The summed E-state index contributed by atoms with van der Waals surface area (Å²) in [6.07, 6.45) is 2.44. The summed E-state index contributed by atoms with van der Waals surface area (Å²) < 4.78 is 11.3. The van der Waals surface area contributed by atoms with E-state index in [1.165, 1.54) is 0 Å². The van der Waals surface area contributed by atoms with Gasteiger partial charge in [0.15, 0.2) is 11.5 Å². The minimum Gasteiger partial charge on any atom is -0.493 e. The number of rotatable bonds is 6. The van der Waals surface area contributed by atoms with Crippen molar-refractivity contribution in [1.29, 1.82) is 0 Å². The third kappa shape index (κ3) is 2.94. The first-order valence-corrected chi connectivity index (χ1v) is 6.84. The monoisotopic (exact) mass is 252 g/mol.